The molecule has 31 heavy (non-hydrogen) atoms. The van der Waals surface area contributed by atoms with E-state index in [0.29, 0.717) is 25.2 Å². The summed E-state index contributed by atoms with van der Waals surface area (Å²) in [5.41, 5.74) is 2.28. The van der Waals surface area contributed by atoms with E-state index in [-0.39, 0.29) is 32.3 Å². The first-order valence-electron chi connectivity index (χ1n) is 10.7. The molecule has 0 aliphatic heterocycles. The number of ether oxygens (including phenoxy) is 1. The minimum atomic E-state index is -1.83. The number of nitrogens with one attached hydrogen (secondary N) is 1. The van der Waals surface area contributed by atoms with Crippen molar-refractivity contribution in [1.82, 2.24) is 9.55 Å². The molecule has 0 aliphatic carbocycles. The fourth-order valence-corrected chi connectivity index (χ4v) is 6.76. The summed E-state index contributed by atoms with van der Waals surface area (Å²) in [7, 11) is -1.83. The van der Waals surface area contributed by atoms with Crippen LogP contribution in [-0.4, -0.2) is 46.0 Å². The molecule has 2 aromatic rings. The summed E-state index contributed by atoms with van der Waals surface area (Å²) >= 11 is -0.184. The van der Waals surface area contributed by atoms with Crippen LogP contribution in [-0.2, 0) is 22.3 Å². The Morgan fingerprint density at radius 1 is 1.06 bits per heavy atom. The molecule has 1 heterocycles. The molecular formula is C23H36N2O4SeSi. The second kappa shape index (κ2) is 10.4. The molecule has 1 aromatic carbocycles. The van der Waals surface area contributed by atoms with Gasteiger partial charge in [0, 0.05) is 0 Å². The Kier molecular flexibility index (Phi) is 8.70. The molecule has 0 bridgehead atoms. The van der Waals surface area contributed by atoms with Crippen molar-refractivity contribution >= 4 is 32.3 Å². The molecule has 0 spiro atoms. The fourth-order valence-electron chi connectivity index (χ4n) is 2.97. The second-order valence-electron chi connectivity index (χ2n) is 9.40. The number of hydrogen-bond acceptors (Lipinski definition) is 4. The number of hydrogen-bond donors (Lipinski definition) is 1. The van der Waals surface area contributed by atoms with Gasteiger partial charge in [0.1, 0.15) is 0 Å². The SMILES string of the molecule is CCc1c([Se]c2cc(C)cc(C)c2)n(COCCO[Si](C)(C)C(C)(C)C)c(=O)[nH]c1=O. The van der Waals surface area contributed by atoms with Crippen LogP contribution in [0.5, 0.6) is 0 Å². The van der Waals surface area contributed by atoms with Gasteiger partial charge in [0.05, 0.1) is 0 Å². The topological polar surface area (TPSA) is 73.3 Å². The number of benzene rings is 1. The van der Waals surface area contributed by atoms with Crippen LogP contribution < -0.4 is 20.3 Å². The summed E-state index contributed by atoms with van der Waals surface area (Å²) in [4.78, 5) is 27.5. The quantitative estimate of drug-likeness (QED) is 0.415. The summed E-state index contributed by atoms with van der Waals surface area (Å²) in [6.45, 7) is 18.1. The van der Waals surface area contributed by atoms with E-state index in [0.717, 1.165) is 9.05 Å². The Hall–Kier alpha value is -1.44. The third-order valence-corrected chi connectivity index (χ3v) is 12.6. The minimum absolute atomic E-state index is 0.103. The average molecular weight is 512 g/mol. The number of aromatic amines is 1. The number of H-pyrrole nitrogens is 1. The maximum atomic E-state index is 12.6. The summed E-state index contributed by atoms with van der Waals surface area (Å²) < 4.78 is 15.5. The standard InChI is InChI=1S/C23H36N2O4SeSi/c1-9-19-20(26)24-22(27)25(15-28-10-11-29-31(7,8)23(4,5)6)21(19)30-18-13-16(2)12-17(3)14-18/h12-14H,9-11,15H2,1-8H3,(H,24,26,27). The van der Waals surface area contributed by atoms with Crippen LogP contribution in [0.4, 0.5) is 0 Å². The molecule has 2 rings (SSSR count). The zero-order valence-corrected chi connectivity index (χ0v) is 22.8. The van der Waals surface area contributed by atoms with Crippen molar-refractivity contribution in [3.8, 4) is 0 Å². The van der Waals surface area contributed by atoms with Crippen molar-refractivity contribution in [3.05, 3.63) is 55.7 Å². The van der Waals surface area contributed by atoms with Gasteiger partial charge in [-0.15, -0.1) is 0 Å². The summed E-state index contributed by atoms with van der Waals surface area (Å²) in [6, 6.07) is 6.36. The van der Waals surface area contributed by atoms with E-state index in [9.17, 15) is 9.59 Å². The Morgan fingerprint density at radius 3 is 2.23 bits per heavy atom. The molecule has 8 heteroatoms. The normalized spacial score (nSPS) is 12.4. The summed E-state index contributed by atoms with van der Waals surface area (Å²) in [5.74, 6) is 0. The maximum absolute atomic E-state index is 12.6. The van der Waals surface area contributed by atoms with Crippen LogP contribution in [0.2, 0.25) is 18.1 Å². The molecule has 1 N–H and O–H groups in total. The first kappa shape index (κ1) is 25.8. The second-order valence-corrected chi connectivity index (χ2v) is 16.4. The van der Waals surface area contributed by atoms with E-state index in [4.69, 9.17) is 9.16 Å². The van der Waals surface area contributed by atoms with Gasteiger partial charge in [-0.1, -0.05) is 0 Å². The van der Waals surface area contributed by atoms with E-state index in [1.165, 1.54) is 11.1 Å². The molecule has 0 radical (unpaired) electrons. The Bertz CT molecular complexity index is 1000. The van der Waals surface area contributed by atoms with E-state index in [1.807, 2.05) is 6.92 Å². The van der Waals surface area contributed by atoms with Gasteiger partial charge in [-0.3, -0.25) is 0 Å². The van der Waals surface area contributed by atoms with Gasteiger partial charge >= 0.3 is 193 Å². The van der Waals surface area contributed by atoms with Crippen LogP contribution in [0.25, 0.3) is 0 Å². The Labute approximate surface area is 192 Å². The van der Waals surface area contributed by atoms with Crippen molar-refractivity contribution in [1.29, 1.82) is 0 Å². The van der Waals surface area contributed by atoms with E-state index < -0.39 is 14.0 Å². The predicted octanol–water partition coefficient (Wildman–Crippen LogP) is 2.37. The number of aromatic nitrogens is 2. The van der Waals surface area contributed by atoms with E-state index in [2.05, 4.69) is 70.9 Å². The zero-order valence-electron chi connectivity index (χ0n) is 20.0. The van der Waals surface area contributed by atoms with Gasteiger partial charge in [-0.2, -0.15) is 0 Å². The van der Waals surface area contributed by atoms with Crippen molar-refractivity contribution in [2.75, 3.05) is 13.2 Å². The van der Waals surface area contributed by atoms with Gasteiger partial charge < -0.3 is 0 Å². The van der Waals surface area contributed by atoms with Crippen molar-refractivity contribution in [2.45, 2.75) is 72.8 Å². The van der Waals surface area contributed by atoms with Gasteiger partial charge in [-0.25, -0.2) is 0 Å². The van der Waals surface area contributed by atoms with Crippen molar-refractivity contribution in [3.63, 3.8) is 0 Å². The summed E-state index contributed by atoms with van der Waals surface area (Å²) in [5, 5.41) is 0.139. The van der Waals surface area contributed by atoms with Gasteiger partial charge in [-0.05, 0) is 0 Å². The van der Waals surface area contributed by atoms with Crippen molar-refractivity contribution < 1.29 is 9.16 Å². The van der Waals surface area contributed by atoms with Crippen LogP contribution in [0.3, 0.4) is 0 Å². The van der Waals surface area contributed by atoms with Gasteiger partial charge in [0.15, 0.2) is 0 Å². The van der Waals surface area contributed by atoms with Crippen LogP contribution >= 0.6 is 0 Å². The molecule has 172 valence electrons. The van der Waals surface area contributed by atoms with Crippen LogP contribution in [0.15, 0.2) is 27.8 Å². The van der Waals surface area contributed by atoms with E-state index >= 15 is 0 Å². The average Bonchev–Trinajstić information content (AvgIpc) is 2.61. The molecule has 0 saturated carbocycles. The predicted molar refractivity (Wildman–Crippen MR) is 131 cm³/mol. The third-order valence-electron chi connectivity index (χ3n) is 5.72. The monoisotopic (exact) mass is 512 g/mol. The first-order valence-corrected chi connectivity index (χ1v) is 15.3. The molecule has 6 nitrogen and oxygen atoms in total. The Balaban J connectivity index is 2.21. The number of aryl methyl sites for hydroxylation is 2. The van der Waals surface area contributed by atoms with E-state index in [1.54, 1.807) is 4.57 Å². The molecule has 0 unspecified atom stereocenters. The number of nitrogens with zero attached hydrogens (tertiary/aromatic N) is 1. The summed E-state index contributed by atoms with van der Waals surface area (Å²) in [6.07, 6.45) is 0.561. The molecule has 0 amide bonds. The molecule has 0 saturated heterocycles. The molecule has 0 atom stereocenters. The first-order chi connectivity index (χ1) is 14.4. The zero-order chi connectivity index (χ0) is 23.4. The molecule has 0 aliphatic rings. The molecular weight excluding hydrogens is 475 g/mol. The molecule has 0 fully saturated rings. The third kappa shape index (κ3) is 6.77. The molecule has 1 aromatic heterocycles. The van der Waals surface area contributed by atoms with Gasteiger partial charge in [0.2, 0.25) is 0 Å². The van der Waals surface area contributed by atoms with Crippen LogP contribution in [0, 0.1) is 13.8 Å². The number of rotatable bonds is 9. The van der Waals surface area contributed by atoms with Crippen LogP contribution in [0.1, 0.15) is 44.4 Å². The fraction of sp³-hybridized carbons (Fsp3) is 0.565. The Morgan fingerprint density at radius 2 is 1.68 bits per heavy atom. The van der Waals surface area contributed by atoms with Gasteiger partial charge in [0.25, 0.3) is 0 Å². The van der Waals surface area contributed by atoms with Crippen molar-refractivity contribution in [2.24, 2.45) is 0 Å².